The first-order valence-electron chi connectivity index (χ1n) is 8.35. The molecule has 9 nitrogen and oxygen atoms in total. The summed E-state index contributed by atoms with van der Waals surface area (Å²) >= 11 is 0. The van der Waals surface area contributed by atoms with Crippen LogP contribution in [0.15, 0.2) is 18.2 Å². The Morgan fingerprint density at radius 2 is 2.19 bits per heavy atom. The van der Waals surface area contributed by atoms with Crippen molar-refractivity contribution in [3.63, 3.8) is 0 Å². The predicted octanol–water partition coefficient (Wildman–Crippen LogP) is 1.02. The fraction of sp³-hybridized carbons (Fsp3) is 0.562. The number of carbonyl (C=O) groups excluding carboxylic acids is 1. The number of carbonyl (C=O) groups is 1. The molecule has 0 saturated heterocycles. The molecule has 0 fully saturated rings. The van der Waals surface area contributed by atoms with Gasteiger partial charge in [-0.1, -0.05) is 12.1 Å². The molecule has 2 rings (SSSR count). The molecule has 0 spiro atoms. The molecule has 1 aromatic rings. The second-order valence-corrected chi connectivity index (χ2v) is 6.88. The van der Waals surface area contributed by atoms with Gasteiger partial charge in [0.1, 0.15) is 17.5 Å². The predicted molar refractivity (Wildman–Crippen MR) is 94.1 cm³/mol. The van der Waals surface area contributed by atoms with E-state index in [1.165, 1.54) is 0 Å². The largest absolute Gasteiger partial charge is 0.496 e. The zero-order valence-electron chi connectivity index (χ0n) is 15.1. The van der Waals surface area contributed by atoms with Gasteiger partial charge in [0.05, 0.1) is 6.61 Å². The summed E-state index contributed by atoms with van der Waals surface area (Å²) in [5.74, 6) is 0.415. The molecule has 0 bridgehead atoms. The summed E-state index contributed by atoms with van der Waals surface area (Å²) in [6, 6.07) is 5.04. The van der Waals surface area contributed by atoms with Gasteiger partial charge in [0, 0.05) is 16.9 Å². The highest BCUT2D eigenvalue weighted by Crippen LogP contribution is 2.27. The van der Waals surface area contributed by atoms with E-state index in [1.807, 2.05) is 0 Å². The highest BCUT2D eigenvalue weighted by atomic mass is 16.6. The summed E-state index contributed by atoms with van der Waals surface area (Å²) in [6.45, 7) is 5.58. The Hall–Kier alpha value is -2.33. The van der Waals surface area contributed by atoms with E-state index in [2.05, 4.69) is 5.32 Å². The molecule has 1 amide bonds. The molecule has 10 heteroatoms. The molecular formula is C16H23BN2O7. The van der Waals surface area contributed by atoms with E-state index in [1.54, 1.807) is 39.0 Å². The van der Waals surface area contributed by atoms with E-state index in [-0.39, 0.29) is 0 Å². The van der Waals surface area contributed by atoms with Gasteiger partial charge in [-0.25, -0.2) is 4.79 Å². The van der Waals surface area contributed by atoms with Crippen molar-refractivity contribution >= 4 is 18.7 Å². The van der Waals surface area contributed by atoms with Crippen molar-refractivity contribution in [1.82, 2.24) is 5.32 Å². The van der Waals surface area contributed by atoms with Crippen LogP contribution in [0.5, 0.6) is 5.75 Å². The molecule has 0 saturated carbocycles. The summed E-state index contributed by atoms with van der Waals surface area (Å²) < 4.78 is 16.0. The minimum Gasteiger partial charge on any atom is -0.494 e. The molecule has 2 N–H and O–H groups in total. The number of alkyl carbamates (subject to hydrolysis) is 1. The molecule has 0 radical (unpaired) electrons. The number of nitrogens with one attached hydrogen (secondary N) is 1. The standard InChI is InChI=1S/C16H23BN2O7/c1-16(2,3)25-15(20)18-8-5-9-24-12-7-4-6-11-13(10-19(22)23)26-17(21)14(11)12/h4,6-7,13,21H,5,8-10H2,1-3H3,(H,18,20). The summed E-state index contributed by atoms with van der Waals surface area (Å²) in [4.78, 5) is 21.8. The normalized spacial score (nSPS) is 16.2. The number of rotatable bonds is 7. The van der Waals surface area contributed by atoms with Crippen molar-refractivity contribution in [3.8, 4) is 5.75 Å². The van der Waals surface area contributed by atoms with E-state index in [0.29, 0.717) is 36.3 Å². The van der Waals surface area contributed by atoms with Gasteiger partial charge >= 0.3 is 13.2 Å². The number of amides is 1. The summed E-state index contributed by atoms with van der Waals surface area (Å²) in [5, 5.41) is 23.4. The Balaban J connectivity index is 1.85. The maximum absolute atomic E-state index is 11.5. The summed E-state index contributed by atoms with van der Waals surface area (Å²) in [6.07, 6.45) is -0.769. The van der Waals surface area contributed by atoms with Crippen molar-refractivity contribution in [2.45, 2.75) is 38.9 Å². The Labute approximate surface area is 151 Å². The molecule has 1 aromatic carbocycles. The lowest BCUT2D eigenvalue weighted by Gasteiger charge is -2.19. The van der Waals surface area contributed by atoms with Gasteiger partial charge in [-0.3, -0.25) is 10.1 Å². The van der Waals surface area contributed by atoms with Crippen molar-refractivity contribution in [2.75, 3.05) is 19.7 Å². The van der Waals surface area contributed by atoms with Crippen LogP contribution in [0.4, 0.5) is 4.79 Å². The Morgan fingerprint density at radius 1 is 1.46 bits per heavy atom. The van der Waals surface area contributed by atoms with Gasteiger partial charge in [0.25, 0.3) is 0 Å². The van der Waals surface area contributed by atoms with Crippen LogP contribution in [0.3, 0.4) is 0 Å². The van der Waals surface area contributed by atoms with Crippen LogP contribution in [0, 0.1) is 10.1 Å². The summed E-state index contributed by atoms with van der Waals surface area (Å²) in [5.41, 5.74) is 0.416. The average molecular weight is 366 g/mol. The number of nitrogens with zero attached hydrogens (tertiary/aromatic N) is 1. The number of ether oxygens (including phenoxy) is 2. The van der Waals surface area contributed by atoms with Gasteiger partial charge in [0.2, 0.25) is 6.54 Å². The Morgan fingerprint density at radius 3 is 2.85 bits per heavy atom. The smallest absolute Gasteiger partial charge is 0.494 e. The van der Waals surface area contributed by atoms with Crippen LogP contribution < -0.4 is 15.5 Å². The molecular weight excluding hydrogens is 343 g/mol. The first kappa shape index (κ1) is 20.0. The Bertz CT molecular complexity index is 662. The van der Waals surface area contributed by atoms with Crippen LogP contribution in [0.25, 0.3) is 0 Å². The van der Waals surface area contributed by atoms with Gasteiger partial charge in [0.15, 0.2) is 0 Å². The molecule has 0 aliphatic carbocycles. The highest BCUT2D eigenvalue weighted by Gasteiger charge is 2.40. The fourth-order valence-electron chi connectivity index (χ4n) is 2.56. The third-order valence-electron chi connectivity index (χ3n) is 3.55. The molecule has 1 heterocycles. The van der Waals surface area contributed by atoms with Crippen LogP contribution >= 0.6 is 0 Å². The SMILES string of the molecule is CC(C)(C)OC(=O)NCCCOc1cccc2c1B(O)OC2C[N+](=O)[O-]. The number of benzene rings is 1. The topological polar surface area (TPSA) is 120 Å². The zero-order chi connectivity index (χ0) is 19.3. The first-order chi connectivity index (χ1) is 12.2. The van der Waals surface area contributed by atoms with Crippen LogP contribution in [0.1, 0.15) is 38.9 Å². The van der Waals surface area contributed by atoms with E-state index >= 15 is 0 Å². The minimum absolute atomic E-state index is 0.291. The molecule has 1 aliphatic rings. The van der Waals surface area contributed by atoms with Gasteiger partial charge in [-0.2, -0.15) is 0 Å². The molecule has 0 aromatic heterocycles. The highest BCUT2D eigenvalue weighted by molar-refractivity contribution is 6.62. The molecule has 142 valence electrons. The Kier molecular flexibility index (Phi) is 6.44. The van der Waals surface area contributed by atoms with Crippen LogP contribution in [-0.2, 0) is 9.39 Å². The number of hydrogen-bond acceptors (Lipinski definition) is 7. The maximum Gasteiger partial charge on any atom is 0.496 e. The number of fused-ring (bicyclic) bond motifs is 1. The van der Waals surface area contributed by atoms with E-state index in [0.717, 1.165) is 0 Å². The van der Waals surface area contributed by atoms with Crippen molar-refractivity contribution < 1.29 is 28.9 Å². The van der Waals surface area contributed by atoms with E-state index in [9.17, 15) is 19.9 Å². The number of nitro groups is 1. The van der Waals surface area contributed by atoms with Gasteiger partial charge in [-0.05, 0) is 38.8 Å². The monoisotopic (exact) mass is 366 g/mol. The van der Waals surface area contributed by atoms with Crippen molar-refractivity contribution in [2.24, 2.45) is 0 Å². The summed E-state index contributed by atoms with van der Waals surface area (Å²) in [7, 11) is -1.26. The average Bonchev–Trinajstić information content (AvgIpc) is 2.81. The second-order valence-electron chi connectivity index (χ2n) is 6.88. The van der Waals surface area contributed by atoms with Crippen molar-refractivity contribution in [1.29, 1.82) is 0 Å². The molecule has 1 unspecified atom stereocenters. The third kappa shape index (κ3) is 5.60. The van der Waals surface area contributed by atoms with Crippen molar-refractivity contribution in [3.05, 3.63) is 33.9 Å². The molecule has 1 aliphatic heterocycles. The molecule has 26 heavy (non-hydrogen) atoms. The first-order valence-corrected chi connectivity index (χ1v) is 8.35. The zero-order valence-corrected chi connectivity index (χ0v) is 15.1. The van der Waals surface area contributed by atoms with E-state index in [4.69, 9.17) is 14.1 Å². The third-order valence-corrected chi connectivity index (χ3v) is 3.55. The second kappa shape index (κ2) is 8.37. The maximum atomic E-state index is 11.5. The van der Waals surface area contributed by atoms with E-state index < -0.39 is 36.4 Å². The lowest BCUT2D eigenvalue weighted by atomic mass is 9.78. The van der Waals surface area contributed by atoms with Gasteiger partial charge in [-0.15, -0.1) is 0 Å². The lowest BCUT2D eigenvalue weighted by Crippen LogP contribution is -2.33. The van der Waals surface area contributed by atoms with Crippen LogP contribution in [-0.4, -0.2) is 48.5 Å². The van der Waals surface area contributed by atoms with Crippen LogP contribution in [0.2, 0.25) is 0 Å². The molecule has 1 atom stereocenters. The lowest BCUT2D eigenvalue weighted by molar-refractivity contribution is -0.490. The fourth-order valence-corrected chi connectivity index (χ4v) is 2.56. The quantitative estimate of drug-likeness (QED) is 0.320. The van der Waals surface area contributed by atoms with Gasteiger partial charge < -0.3 is 24.5 Å². The minimum atomic E-state index is -1.26. The number of hydrogen-bond donors (Lipinski definition) is 2.